The summed E-state index contributed by atoms with van der Waals surface area (Å²) >= 11 is 3.22. The molecule has 4 aromatic heterocycles. The molecule has 4 heterocycles. The van der Waals surface area contributed by atoms with E-state index in [4.69, 9.17) is 10.5 Å². The Morgan fingerprint density at radius 1 is 0.864 bits per heavy atom. The van der Waals surface area contributed by atoms with Crippen LogP contribution in [0.15, 0.2) is 47.7 Å². The molecule has 0 bridgehead atoms. The second kappa shape index (κ2) is 17.9. The van der Waals surface area contributed by atoms with Gasteiger partial charge in [0.05, 0.1) is 24.4 Å². The molecular formula is C33H48N5O3PS2. The van der Waals surface area contributed by atoms with Gasteiger partial charge in [0, 0.05) is 9.75 Å². The van der Waals surface area contributed by atoms with Gasteiger partial charge >= 0.3 is 7.68 Å². The molecule has 8 nitrogen and oxygen atoms in total. The van der Waals surface area contributed by atoms with E-state index < -0.39 is 25.0 Å². The number of hydrogen-bond donors (Lipinski definition) is 1. The minimum Gasteiger partial charge on any atom is -0.382 e. The number of thiophene rings is 2. The Kier molecular flexibility index (Phi) is 14.1. The van der Waals surface area contributed by atoms with Crippen molar-refractivity contribution in [1.82, 2.24) is 19.5 Å². The predicted molar refractivity (Wildman–Crippen MR) is 182 cm³/mol. The van der Waals surface area contributed by atoms with Gasteiger partial charge < -0.3 is 15.0 Å². The lowest BCUT2D eigenvalue weighted by Gasteiger charge is -2.37. The first-order valence-electron chi connectivity index (χ1n) is 16.3. The van der Waals surface area contributed by atoms with Crippen LogP contribution in [0.2, 0.25) is 0 Å². The molecule has 11 heteroatoms. The second-order valence-electron chi connectivity index (χ2n) is 11.8. The van der Waals surface area contributed by atoms with Gasteiger partial charge in [-0.2, -0.15) is 0 Å². The largest absolute Gasteiger partial charge is 0.382 e. The normalized spacial score (nSPS) is 13.4. The highest BCUT2D eigenvalue weighted by molar-refractivity contribution is 7.31. The number of anilines is 1. The molecule has 4 aromatic rings. The zero-order valence-electron chi connectivity index (χ0n) is 26.2. The van der Waals surface area contributed by atoms with Crippen molar-refractivity contribution in [3.05, 3.63) is 57.4 Å². The van der Waals surface area contributed by atoms with Gasteiger partial charge in [-0.05, 0) is 36.2 Å². The van der Waals surface area contributed by atoms with Crippen molar-refractivity contribution in [2.24, 2.45) is 0 Å². The van der Waals surface area contributed by atoms with Crippen LogP contribution in [0, 0.1) is 0 Å². The molecule has 0 saturated carbocycles. The molecule has 0 amide bonds. The van der Waals surface area contributed by atoms with Crippen molar-refractivity contribution < 1.29 is 13.9 Å². The van der Waals surface area contributed by atoms with E-state index in [0.717, 1.165) is 22.6 Å². The van der Waals surface area contributed by atoms with E-state index in [1.807, 2.05) is 34.4 Å². The highest BCUT2D eigenvalue weighted by atomic mass is 32.1. The number of aromatic nitrogens is 4. The topological polar surface area (TPSA) is 113 Å². The maximum atomic E-state index is 13.1. The fourth-order valence-electron chi connectivity index (χ4n) is 6.14. The van der Waals surface area contributed by atoms with Gasteiger partial charge in [0.15, 0.2) is 17.3 Å². The first-order valence-corrected chi connectivity index (χ1v) is 19.3. The minimum atomic E-state index is -2.92. The van der Waals surface area contributed by atoms with Crippen LogP contribution in [0.5, 0.6) is 0 Å². The SMILES string of the molecule is CCCCCCCCCCCCCCCC(c1cccs1)(c1cccs1)C(OC(C)Cn1cnc2c(N)ncnc21)P(=O)=O. The number of hydrogen-bond acceptors (Lipinski definition) is 9. The molecule has 0 aliphatic rings. The third kappa shape index (κ3) is 9.09. The summed E-state index contributed by atoms with van der Waals surface area (Å²) in [5, 5.41) is 4.06. The fraction of sp³-hybridized carbons (Fsp3) is 0.606. The van der Waals surface area contributed by atoms with Crippen molar-refractivity contribution >= 4 is 47.3 Å². The van der Waals surface area contributed by atoms with Crippen molar-refractivity contribution in [2.75, 3.05) is 5.73 Å². The second-order valence-corrected chi connectivity index (χ2v) is 14.8. The molecule has 0 aromatic carbocycles. The van der Waals surface area contributed by atoms with Gasteiger partial charge in [-0.3, -0.25) is 0 Å². The van der Waals surface area contributed by atoms with Crippen LogP contribution < -0.4 is 5.73 Å². The average molecular weight is 658 g/mol. The lowest BCUT2D eigenvalue weighted by atomic mass is 9.79. The van der Waals surface area contributed by atoms with Crippen molar-refractivity contribution in [2.45, 2.75) is 128 Å². The Hall–Kier alpha value is -2.39. The highest BCUT2D eigenvalue weighted by Gasteiger charge is 2.48. The van der Waals surface area contributed by atoms with Crippen molar-refractivity contribution in [3.63, 3.8) is 0 Å². The number of ether oxygens (including phenoxy) is 1. The number of imidazole rings is 1. The Labute approximate surface area is 270 Å². The van der Waals surface area contributed by atoms with E-state index in [-0.39, 0.29) is 0 Å². The molecule has 2 atom stereocenters. The molecule has 4 rings (SSSR count). The van der Waals surface area contributed by atoms with Gasteiger partial charge in [-0.25, -0.2) is 24.1 Å². The Bertz CT molecular complexity index is 1400. The molecule has 44 heavy (non-hydrogen) atoms. The molecule has 0 fully saturated rings. The summed E-state index contributed by atoms with van der Waals surface area (Å²) in [7, 11) is -2.92. The number of nitrogens with zero attached hydrogens (tertiary/aromatic N) is 4. The van der Waals surface area contributed by atoms with E-state index in [2.05, 4.69) is 34.0 Å². The molecule has 0 spiro atoms. The molecule has 0 aliphatic carbocycles. The van der Waals surface area contributed by atoms with Crippen molar-refractivity contribution in [3.8, 4) is 0 Å². The Morgan fingerprint density at radius 3 is 1.95 bits per heavy atom. The summed E-state index contributed by atoms with van der Waals surface area (Å²) in [6, 6.07) is 8.14. The molecular weight excluding hydrogens is 610 g/mol. The summed E-state index contributed by atoms with van der Waals surface area (Å²) in [4.78, 5) is 14.8. The van der Waals surface area contributed by atoms with Crippen LogP contribution >= 0.6 is 30.4 Å². The van der Waals surface area contributed by atoms with Crippen LogP contribution in [0.3, 0.4) is 0 Å². The molecule has 240 valence electrons. The number of rotatable bonds is 22. The van der Waals surface area contributed by atoms with E-state index in [0.29, 0.717) is 29.9 Å². The van der Waals surface area contributed by atoms with Crippen LogP contribution in [-0.4, -0.2) is 31.5 Å². The summed E-state index contributed by atoms with van der Waals surface area (Å²) in [5.74, 6) is -0.702. The minimum absolute atomic E-state index is 0.315. The van der Waals surface area contributed by atoms with Crippen LogP contribution in [0.4, 0.5) is 5.82 Å². The molecule has 0 radical (unpaired) electrons. The Morgan fingerprint density at radius 2 is 1.43 bits per heavy atom. The van der Waals surface area contributed by atoms with Gasteiger partial charge in [-0.15, -0.1) is 22.7 Å². The van der Waals surface area contributed by atoms with Gasteiger partial charge in [-0.1, -0.05) is 103 Å². The first-order chi connectivity index (χ1) is 21.5. The fourth-order valence-corrected chi connectivity index (χ4v) is 9.43. The maximum absolute atomic E-state index is 13.1. The lowest BCUT2D eigenvalue weighted by molar-refractivity contribution is -0.000993. The van der Waals surface area contributed by atoms with E-state index in [9.17, 15) is 9.13 Å². The number of nitrogens with two attached hydrogens (primary N) is 1. The average Bonchev–Trinajstić information content (AvgIpc) is 3.81. The van der Waals surface area contributed by atoms with E-state index in [1.165, 1.54) is 77.0 Å². The van der Waals surface area contributed by atoms with Crippen LogP contribution in [0.1, 0.15) is 113 Å². The summed E-state index contributed by atoms with van der Waals surface area (Å²) in [6.45, 7) is 4.55. The summed E-state index contributed by atoms with van der Waals surface area (Å²) < 4.78 is 34.6. The quantitative estimate of drug-likeness (QED) is 0.0661. The summed E-state index contributed by atoms with van der Waals surface area (Å²) in [5.41, 5.74) is 6.33. The predicted octanol–water partition coefficient (Wildman–Crippen LogP) is 9.90. The van der Waals surface area contributed by atoms with E-state index in [1.54, 1.807) is 29.0 Å². The van der Waals surface area contributed by atoms with Gasteiger partial charge in [0.1, 0.15) is 11.8 Å². The standard InChI is InChI=1S/C33H48N5O3PS2/c1-3-4-5-6-7-8-9-10-11-12-13-14-15-20-33(27-18-16-21-43-27,28-19-17-22-44-28)32(42(39)40)41-26(2)23-38-25-37-29-30(34)35-24-36-31(29)38/h16-19,21-22,24-26,32H,3-15,20,23H2,1-2H3,(H2,34,35,36). The third-order valence-corrected chi connectivity index (χ3v) is 11.5. The third-order valence-electron chi connectivity index (χ3n) is 8.45. The zero-order valence-corrected chi connectivity index (χ0v) is 28.8. The lowest BCUT2D eigenvalue weighted by Crippen LogP contribution is -2.41. The van der Waals surface area contributed by atoms with Crippen LogP contribution in [-0.2, 0) is 25.8 Å². The number of unbranched alkanes of at least 4 members (excludes halogenated alkanes) is 12. The summed E-state index contributed by atoms with van der Waals surface area (Å²) in [6.07, 6.45) is 19.9. The smallest absolute Gasteiger partial charge is 0.346 e. The van der Waals surface area contributed by atoms with Crippen molar-refractivity contribution in [1.29, 1.82) is 0 Å². The van der Waals surface area contributed by atoms with E-state index >= 15 is 0 Å². The first kappa shape index (κ1) is 34.5. The maximum Gasteiger partial charge on any atom is 0.346 e. The van der Waals surface area contributed by atoms with Gasteiger partial charge in [0.25, 0.3) is 0 Å². The molecule has 0 aliphatic heterocycles. The molecule has 2 N–H and O–H groups in total. The monoisotopic (exact) mass is 657 g/mol. The molecule has 2 unspecified atom stereocenters. The Balaban J connectivity index is 1.41. The molecule has 0 saturated heterocycles. The highest BCUT2D eigenvalue weighted by Crippen LogP contribution is 2.50. The van der Waals surface area contributed by atoms with Crippen LogP contribution in [0.25, 0.3) is 11.2 Å². The zero-order chi connectivity index (χ0) is 31.2. The number of fused-ring (bicyclic) bond motifs is 1. The number of nitrogen functional groups attached to an aromatic ring is 1. The van der Waals surface area contributed by atoms with Gasteiger partial charge in [0.2, 0.25) is 0 Å².